The number of hydrogen-bond acceptors (Lipinski definition) is 1. The Bertz CT molecular complexity index is 887. The Morgan fingerprint density at radius 3 is 2.12 bits per heavy atom. The third kappa shape index (κ3) is 4.78. The summed E-state index contributed by atoms with van der Waals surface area (Å²) < 4.78 is 0. The Hall–Kier alpha value is -2.91. The lowest BCUT2D eigenvalue weighted by atomic mass is 10.2. The van der Waals surface area contributed by atoms with Gasteiger partial charge in [0.2, 0.25) is 0 Å². The lowest BCUT2D eigenvalue weighted by molar-refractivity contribution is 1.06. The summed E-state index contributed by atoms with van der Waals surface area (Å²) in [6.07, 6.45) is 0. The van der Waals surface area contributed by atoms with Crippen molar-refractivity contribution in [2.75, 3.05) is 0 Å². The molecule has 0 aromatic heterocycles. The maximum absolute atomic E-state index is 6.18. The molecule has 0 aliphatic rings. The van der Waals surface area contributed by atoms with Gasteiger partial charge in [0.1, 0.15) is 5.84 Å². The highest BCUT2D eigenvalue weighted by Gasteiger charge is 2.05. The number of benzene rings is 3. The highest BCUT2D eigenvalue weighted by molar-refractivity contribution is 6.31. The lowest BCUT2D eigenvalue weighted by Gasteiger charge is -2.06. The quantitative estimate of drug-likeness (QED) is 0.540. The van der Waals surface area contributed by atoms with Gasteiger partial charge in [-0.25, -0.2) is 4.99 Å². The number of nitrogens with two attached hydrogens (primary N) is 1. The minimum atomic E-state index is 0.387. The van der Waals surface area contributed by atoms with Gasteiger partial charge in [-0.05, 0) is 17.7 Å². The predicted molar refractivity (Wildman–Crippen MR) is 105 cm³/mol. The maximum atomic E-state index is 6.18. The first-order valence-corrected chi connectivity index (χ1v) is 8.34. The SMILES string of the molecule is NC(=NC(=NCc1ccccc1)c1ccccc1)c1cccc(Cl)c1. The molecule has 0 saturated carbocycles. The van der Waals surface area contributed by atoms with Crippen LogP contribution in [0.25, 0.3) is 0 Å². The fraction of sp³-hybridized carbons (Fsp3) is 0.0476. The van der Waals surface area contributed by atoms with Crippen molar-refractivity contribution < 1.29 is 0 Å². The van der Waals surface area contributed by atoms with E-state index in [1.807, 2.05) is 72.8 Å². The lowest BCUT2D eigenvalue weighted by Crippen LogP contribution is -2.16. The molecule has 4 heteroatoms. The standard InChI is InChI=1S/C21H18ClN3/c22-19-13-7-12-18(14-19)20(23)25-21(17-10-5-2-6-11-17)24-15-16-8-3-1-4-9-16/h1-14H,15H2,(H2,23,24,25). The molecule has 0 spiro atoms. The van der Waals surface area contributed by atoms with Gasteiger partial charge < -0.3 is 5.73 Å². The van der Waals surface area contributed by atoms with Gasteiger partial charge in [-0.2, -0.15) is 0 Å². The molecule has 0 aliphatic carbocycles. The van der Waals surface area contributed by atoms with Crippen molar-refractivity contribution in [1.29, 1.82) is 0 Å². The minimum Gasteiger partial charge on any atom is -0.383 e. The van der Waals surface area contributed by atoms with Crippen LogP contribution in [0, 0.1) is 0 Å². The van der Waals surface area contributed by atoms with Crippen LogP contribution in [0.15, 0.2) is 94.9 Å². The molecule has 3 rings (SSSR count). The molecule has 0 unspecified atom stereocenters. The first-order valence-electron chi connectivity index (χ1n) is 7.96. The molecule has 0 heterocycles. The first-order chi connectivity index (χ1) is 12.2. The number of aliphatic imine (C=N–C) groups is 2. The smallest absolute Gasteiger partial charge is 0.157 e. The van der Waals surface area contributed by atoms with Crippen LogP contribution >= 0.6 is 11.6 Å². The monoisotopic (exact) mass is 347 g/mol. The van der Waals surface area contributed by atoms with Crippen molar-refractivity contribution in [2.24, 2.45) is 15.7 Å². The average Bonchev–Trinajstić information content (AvgIpc) is 2.66. The molecule has 25 heavy (non-hydrogen) atoms. The second-order valence-corrected chi connectivity index (χ2v) is 5.94. The number of hydrogen-bond donors (Lipinski definition) is 1. The zero-order chi connectivity index (χ0) is 17.5. The van der Waals surface area contributed by atoms with Gasteiger partial charge in [-0.3, -0.25) is 4.99 Å². The molecular weight excluding hydrogens is 330 g/mol. The van der Waals surface area contributed by atoms with Crippen LogP contribution in [0.2, 0.25) is 5.02 Å². The molecule has 3 nitrogen and oxygen atoms in total. The summed E-state index contributed by atoms with van der Waals surface area (Å²) in [7, 11) is 0. The largest absolute Gasteiger partial charge is 0.383 e. The van der Waals surface area contributed by atoms with Crippen LogP contribution in [0.3, 0.4) is 0 Å². The third-order valence-corrected chi connectivity index (χ3v) is 3.87. The van der Waals surface area contributed by atoms with Crippen molar-refractivity contribution in [2.45, 2.75) is 6.54 Å². The predicted octanol–water partition coefficient (Wildman–Crippen LogP) is 4.69. The second kappa shape index (κ2) is 8.27. The summed E-state index contributed by atoms with van der Waals surface area (Å²) in [5.41, 5.74) is 8.99. The summed E-state index contributed by atoms with van der Waals surface area (Å²) in [6, 6.07) is 27.2. The van der Waals surface area contributed by atoms with E-state index in [9.17, 15) is 0 Å². The molecule has 0 fully saturated rings. The van der Waals surface area contributed by atoms with Gasteiger partial charge in [0.25, 0.3) is 0 Å². The van der Waals surface area contributed by atoms with Gasteiger partial charge in [0, 0.05) is 16.1 Å². The topological polar surface area (TPSA) is 50.7 Å². The molecule has 0 saturated heterocycles. The summed E-state index contributed by atoms with van der Waals surface area (Å²) in [6.45, 7) is 0.539. The van der Waals surface area contributed by atoms with E-state index in [1.165, 1.54) is 0 Å². The van der Waals surface area contributed by atoms with Crippen LogP contribution in [0.4, 0.5) is 0 Å². The average molecular weight is 348 g/mol. The van der Waals surface area contributed by atoms with Gasteiger partial charge >= 0.3 is 0 Å². The highest BCUT2D eigenvalue weighted by atomic mass is 35.5. The van der Waals surface area contributed by atoms with Crippen LogP contribution in [0.5, 0.6) is 0 Å². The zero-order valence-corrected chi connectivity index (χ0v) is 14.4. The molecular formula is C21H18ClN3. The fourth-order valence-electron chi connectivity index (χ4n) is 2.35. The van der Waals surface area contributed by atoms with E-state index in [4.69, 9.17) is 17.3 Å². The molecule has 0 aliphatic heterocycles. The molecule has 2 N–H and O–H groups in total. The molecule has 0 bridgehead atoms. The van der Waals surface area contributed by atoms with E-state index >= 15 is 0 Å². The van der Waals surface area contributed by atoms with Gasteiger partial charge in [0.05, 0.1) is 6.54 Å². The van der Waals surface area contributed by atoms with E-state index in [-0.39, 0.29) is 0 Å². The first kappa shape index (κ1) is 16.9. The normalized spacial score (nSPS) is 12.2. The number of halogens is 1. The van der Waals surface area contributed by atoms with Crippen LogP contribution in [0.1, 0.15) is 16.7 Å². The molecule has 0 radical (unpaired) electrons. The summed E-state index contributed by atoms with van der Waals surface area (Å²) in [5, 5.41) is 0.623. The van der Waals surface area contributed by atoms with Crippen molar-refractivity contribution in [1.82, 2.24) is 0 Å². The van der Waals surface area contributed by atoms with Crippen LogP contribution in [-0.4, -0.2) is 11.7 Å². The zero-order valence-electron chi connectivity index (χ0n) is 13.6. The second-order valence-electron chi connectivity index (χ2n) is 5.50. The van der Waals surface area contributed by atoms with Gasteiger partial charge in [-0.15, -0.1) is 0 Å². The highest BCUT2D eigenvalue weighted by Crippen LogP contribution is 2.12. The molecule has 3 aromatic carbocycles. The summed E-state index contributed by atoms with van der Waals surface area (Å²) in [5.74, 6) is 0.986. The maximum Gasteiger partial charge on any atom is 0.157 e. The van der Waals surface area contributed by atoms with E-state index in [0.29, 0.717) is 23.2 Å². The number of rotatable bonds is 4. The Labute approximate surface area is 152 Å². The summed E-state index contributed by atoms with van der Waals surface area (Å²) >= 11 is 6.04. The van der Waals surface area contributed by atoms with Crippen LogP contribution < -0.4 is 5.73 Å². The summed E-state index contributed by atoms with van der Waals surface area (Å²) in [4.78, 5) is 9.23. The molecule has 0 atom stereocenters. The van der Waals surface area contributed by atoms with Gasteiger partial charge in [0.15, 0.2) is 5.84 Å². The Morgan fingerprint density at radius 1 is 0.800 bits per heavy atom. The van der Waals surface area contributed by atoms with E-state index in [1.54, 1.807) is 12.1 Å². The van der Waals surface area contributed by atoms with Crippen molar-refractivity contribution in [3.63, 3.8) is 0 Å². The Balaban J connectivity index is 1.95. The number of amidine groups is 2. The third-order valence-electron chi connectivity index (χ3n) is 3.63. The Morgan fingerprint density at radius 2 is 1.44 bits per heavy atom. The van der Waals surface area contributed by atoms with E-state index < -0.39 is 0 Å². The number of nitrogens with zero attached hydrogens (tertiary/aromatic N) is 2. The van der Waals surface area contributed by atoms with Crippen molar-refractivity contribution in [3.8, 4) is 0 Å². The fourth-order valence-corrected chi connectivity index (χ4v) is 2.54. The van der Waals surface area contributed by atoms with Crippen molar-refractivity contribution >= 4 is 23.3 Å². The minimum absolute atomic E-state index is 0.387. The van der Waals surface area contributed by atoms with Crippen molar-refractivity contribution in [3.05, 3.63) is 107 Å². The molecule has 0 amide bonds. The van der Waals surface area contributed by atoms with Gasteiger partial charge in [-0.1, -0.05) is 84.4 Å². The van der Waals surface area contributed by atoms with E-state index in [2.05, 4.69) is 9.98 Å². The Kier molecular flexibility index (Phi) is 5.60. The molecule has 124 valence electrons. The molecule has 3 aromatic rings. The van der Waals surface area contributed by atoms with E-state index in [0.717, 1.165) is 16.7 Å². The van der Waals surface area contributed by atoms with Crippen LogP contribution in [-0.2, 0) is 6.54 Å².